The van der Waals surface area contributed by atoms with Crippen LogP contribution < -0.4 is 20.1 Å². The number of sulfonamides is 1. The minimum atomic E-state index is -3.66. The molecular formula is C19H31N3O4S. The van der Waals surface area contributed by atoms with Crippen molar-refractivity contribution in [1.82, 2.24) is 15.4 Å². The number of hydrogen-bond acceptors (Lipinski definition) is 5. The van der Waals surface area contributed by atoms with E-state index in [1.807, 2.05) is 0 Å². The standard InChI is InChI=1S/C19H31N3O4S/c1-7-20-27(24,25)14-8-9-16(26-6)15(10-14)17(23)21-13-11-18(2,3)22-19(4,5)12-13/h8-10,13,20,22H,7,11-12H2,1-6H3,(H,21,23). The summed E-state index contributed by atoms with van der Waals surface area (Å²) in [6, 6.07) is 4.28. The van der Waals surface area contributed by atoms with Gasteiger partial charge < -0.3 is 15.4 Å². The highest BCUT2D eigenvalue weighted by atomic mass is 32.2. The number of hydrogen-bond donors (Lipinski definition) is 3. The molecule has 1 fully saturated rings. The molecule has 0 bridgehead atoms. The number of carbonyl (C=O) groups is 1. The smallest absolute Gasteiger partial charge is 0.255 e. The van der Waals surface area contributed by atoms with Crippen LogP contribution in [0.4, 0.5) is 0 Å². The molecule has 152 valence electrons. The van der Waals surface area contributed by atoms with Crippen LogP contribution in [0.15, 0.2) is 23.1 Å². The zero-order valence-electron chi connectivity index (χ0n) is 17.0. The lowest BCUT2D eigenvalue weighted by molar-refractivity contribution is 0.0870. The van der Waals surface area contributed by atoms with Crippen LogP contribution in [0.3, 0.4) is 0 Å². The van der Waals surface area contributed by atoms with Crippen molar-refractivity contribution in [3.05, 3.63) is 23.8 Å². The van der Waals surface area contributed by atoms with E-state index in [4.69, 9.17) is 4.74 Å². The second kappa shape index (κ2) is 7.77. The summed E-state index contributed by atoms with van der Waals surface area (Å²) in [5, 5.41) is 6.63. The molecule has 27 heavy (non-hydrogen) atoms. The molecule has 1 aliphatic heterocycles. The summed E-state index contributed by atoms with van der Waals surface area (Å²) in [7, 11) is -2.20. The first-order valence-electron chi connectivity index (χ1n) is 9.17. The van der Waals surface area contributed by atoms with Crippen LogP contribution in [-0.4, -0.2) is 45.1 Å². The van der Waals surface area contributed by atoms with Gasteiger partial charge in [-0.1, -0.05) is 6.92 Å². The molecule has 0 unspecified atom stereocenters. The van der Waals surface area contributed by atoms with Crippen molar-refractivity contribution in [2.24, 2.45) is 0 Å². The average Bonchev–Trinajstić information content (AvgIpc) is 2.51. The van der Waals surface area contributed by atoms with Gasteiger partial charge in [-0.15, -0.1) is 0 Å². The first-order valence-corrected chi connectivity index (χ1v) is 10.7. The van der Waals surface area contributed by atoms with Gasteiger partial charge in [0.15, 0.2) is 0 Å². The maximum absolute atomic E-state index is 12.9. The first kappa shape index (κ1) is 21.7. The Bertz CT molecular complexity index is 787. The second-order valence-electron chi connectivity index (χ2n) is 8.33. The molecule has 0 spiro atoms. The van der Waals surface area contributed by atoms with Crippen molar-refractivity contribution in [2.75, 3.05) is 13.7 Å². The number of rotatable bonds is 6. The number of piperidine rings is 1. The third kappa shape index (κ3) is 5.43. The van der Waals surface area contributed by atoms with Gasteiger partial charge >= 0.3 is 0 Å². The maximum atomic E-state index is 12.9. The molecule has 8 heteroatoms. The number of carbonyl (C=O) groups excluding carboxylic acids is 1. The monoisotopic (exact) mass is 397 g/mol. The Morgan fingerprint density at radius 2 is 1.81 bits per heavy atom. The third-order valence-corrected chi connectivity index (χ3v) is 6.13. The van der Waals surface area contributed by atoms with Crippen molar-refractivity contribution in [2.45, 2.75) is 69.5 Å². The lowest BCUT2D eigenvalue weighted by atomic mass is 9.79. The molecule has 1 amide bonds. The van der Waals surface area contributed by atoms with Crippen LogP contribution >= 0.6 is 0 Å². The Hall–Kier alpha value is -1.64. The van der Waals surface area contributed by atoms with Crippen LogP contribution in [0, 0.1) is 0 Å². The predicted octanol–water partition coefficient (Wildman–Crippen LogP) is 2.03. The number of amides is 1. The van der Waals surface area contributed by atoms with Gasteiger partial charge in [0, 0.05) is 23.7 Å². The van der Waals surface area contributed by atoms with Gasteiger partial charge in [-0.3, -0.25) is 4.79 Å². The van der Waals surface area contributed by atoms with Gasteiger partial charge in [0.2, 0.25) is 10.0 Å². The van der Waals surface area contributed by atoms with Crippen LogP contribution in [-0.2, 0) is 10.0 Å². The SMILES string of the molecule is CCNS(=O)(=O)c1ccc(OC)c(C(=O)NC2CC(C)(C)NC(C)(C)C2)c1. The van der Waals surface area contributed by atoms with E-state index < -0.39 is 10.0 Å². The van der Waals surface area contributed by atoms with Gasteiger partial charge in [0.05, 0.1) is 17.6 Å². The Morgan fingerprint density at radius 1 is 1.22 bits per heavy atom. The van der Waals surface area contributed by atoms with E-state index in [0.717, 1.165) is 12.8 Å². The summed E-state index contributed by atoms with van der Waals surface area (Å²) in [4.78, 5) is 13.0. The topological polar surface area (TPSA) is 96.5 Å². The van der Waals surface area contributed by atoms with E-state index in [2.05, 4.69) is 43.1 Å². The van der Waals surface area contributed by atoms with Gasteiger partial charge in [0.1, 0.15) is 5.75 Å². The van der Waals surface area contributed by atoms with E-state index in [0.29, 0.717) is 5.75 Å². The van der Waals surface area contributed by atoms with Crippen molar-refractivity contribution in [1.29, 1.82) is 0 Å². The van der Waals surface area contributed by atoms with Crippen molar-refractivity contribution in [3.63, 3.8) is 0 Å². The molecule has 0 radical (unpaired) electrons. The molecule has 7 nitrogen and oxygen atoms in total. The lowest BCUT2D eigenvalue weighted by Crippen LogP contribution is -2.62. The molecule has 0 saturated carbocycles. The van der Waals surface area contributed by atoms with Gasteiger partial charge in [0.25, 0.3) is 5.91 Å². The zero-order chi connectivity index (χ0) is 20.5. The summed E-state index contributed by atoms with van der Waals surface area (Å²) >= 11 is 0. The van der Waals surface area contributed by atoms with E-state index in [-0.39, 0.29) is 40.0 Å². The van der Waals surface area contributed by atoms with E-state index in [1.54, 1.807) is 6.92 Å². The fraction of sp³-hybridized carbons (Fsp3) is 0.632. The Morgan fingerprint density at radius 3 is 2.33 bits per heavy atom. The molecule has 1 heterocycles. The average molecular weight is 398 g/mol. The highest BCUT2D eigenvalue weighted by Crippen LogP contribution is 2.29. The fourth-order valence-corrected chi connectivity index (χ4v) is 5.06. The highest BCUT2D eigenvalue weighted by Gasteiger charge is 2.38. The second-order valence-corrected chi connectivity index (χ2v) is 10.1. The van der Waals surface area contributed by atoms with Crippen LogP contribution in [0.25, 0.3) is 0 Å². The molecule has 1 aliphatic rings. The number of nitrogens with one attached hydrogen (secondary N) is 3. The molecule has 0 aliphatic carbocycles. The summed E-state index contributed by atoms with van der Waals surface area (Å²) in [5.41, 5.74) is -0.00865. The van der Waals surface area contributed by atoms with Crippen LogP contribution in [0.1, 0.15) is 57.8 Å². The molecule has 2 rings (SSSR count). The molecule has 1 aromatic carbocycles. The Balaban J connectivity index is 2.29. The zero-order valence-corrected chi connectivity index (χ0v) is 17.8. The highest BCUT2D eigenvalue weighted by molar-refractivity contribution is 7.89. The fourth-order valence-electron chi connectivity index (χ4n) is 3.99. The molecular weight excluding hydrogens is 366 g/mol. The quantitative estimate of drug-likeness (QED) is 0.683. The van der Waals surface area contributed by atoms with Crippen LogP contribution in [0.2, 0.25) is 0 Å². The van der Waals surface area contributed by atoms with E-state index >= 15 is 0 Å². The number of benzene rings is 1. The maximum Gasteiger partial charge on any atom is 0.255 e. The summed E-state index contributed by atoms with van der Waals surface area (Å²) in [6.07, 6.45) is 1.56. The minimum absolute atomic E-state index is 0.0255. The molecule has 0 atom stereocenters. The lowest BCUT2D eigenvalue weighted by Gasteiger charge is -2.46. The molecule has 0 aromatic heterocycles. The molecule has 1 aromatic rings. The summed E-state index contributed by atoms with van der Waals surface area (Å²) in [5.74, 6) is 0.00861. The largest absolute Gasteiger partial charge is 0.496 e. The Labute approximate surface area is 162 Å². The number of methoxy groups -OCH3 is 1. The van der Waals surface area contributed by atoms with Crippen molar-refractivity contribution in [3.8, 4) is 5.75 Å². The third-order valence-electron chi connectivity index (χ3n) is 4.59. The van der Waals surface area contributed by atoms with Gasteiger partial charge in [-0.2, -0.15) is 0 Å². The Kier molecular flexibility index (Phi) is 6.23. The van der Waals surface area contributed by atoms with Gasteiger partial charge in [-0.05, 0) is 58.7 Å². The van der Waals surface area contributed by atoms with Crippen molar-refractivity contribution >= 4 is 15.9 Å². The van der Waals surface area contributed by atoms with Crippen LogP contribution in [0.5, 0.6) is 5.75 Å². The predicted molar refractivity (Wildman–Crippen MR) is 106 cm³/mol. The number of ether oxygens (including phenoxy) is 1. The first-order chi connectivity index (χ1) is 12.4. The summed E-state index contributed by atoms with van der Waals surface area (Å²) in [6.45, 7) is 10.4. The van der Waals surface area contributed by atoms with Gasteiger partial charge in [-0.25, -0.2) is 13.1 Å². The molecule has 1 saturated heterocycles. The van der Waals surface area contributed by atoms with Crippen molar-refractivity contribution < 1.29 is 17.9 Å². The minimum Gasteiger partial charge on any atom is -0.496 e. The van der Waals surface area contributed by atoms with E-state index in [9.17, 15) is 13.2 Å². The normalized spacial score (nSPS) is 19.5. The summed E-state index contributed by atoms with van der Waals surface area (Å²) < 4.78 is 32.3. The molecule has 3 N–H and O–H groups in total. The van der Waals surface area contributed by atoms with E-state index in [1.165, 1.54) is 25.3 Å².